The molecular weight excluding hydrogens is 414 g/mol. The molecule has 10 heteroatoms. The van der Waals surface area contributed by atoms with Crippen LogP contribution < -0.4 is 14.3 Å². The second kappa shape index (κ2) is 8.03. The number of hydrogen-bond donors (Lipinski definition) is 2. The highest BCUT2D eigenvalue weighted by atomic mass is 32.2. The average molecular weight is 438 g/mol. The molecule has 1 aliphatic rings. The van der Waals surface area contributed by atoms with Crippen LogP contribution in [0.25, 0.3) is 0 Å². The van der Waals surface area contributed by atoms with Gasteiger partial charge in [-0.05, 0) is 49.2 Å². The van der Waals surface area contributed by atoms with Crippen LogP contribution >= 0.6 is 0 Å². The monoisotopic (exact) mass is 437 g/mol. The van der Waals surface area contributed by atoms with Crippen molar-refractivity contribution in [2.75, 3.05) is 27.6 Å². The number of carbonyl (C=O) groups is 1. The fourth-order valence-electron chi connectivity index (χ4n) is 3.23. The predicted octanol–water partition coefficient (Wildman–Crippen LogP) is 2.09. The van der Waals surface area contributed by atoms with Crippen molar-refractivity contribution in [3.05, 3.63) is 59.7 Å². The molecule has 2 aromatic rings. The largest absolute Gasteiger partial charge is 0.345 e. The van der Waals surface area contributed by atoms with Gasteiger partial charge < -0.3 is 5.32 Å². The van der Waals surface area contributed by atoms with E-state index in [0.29, 0.717) is 35.5 Å². The van der Waals surface area contributed by atoms with E-state index in [9.17, 15) is 21.6 Å². The molecule has 1 amide bonds. The minimum Gasteiger partial charge on any atom is -0.345 e. The van der Waals surface area contributed by atoms with Gasteiger partial charge in [0.25, 0.3) is 5.91 Å². The van der Waals surface area contributed by atoms with Gasteiger partial charge in [-0.3, -0.25) is 13.8 Å². The number of carbonyl (C=O) groups excluding carboxylic acids is 1. The fourth-order valence-corrected chi connectivity index (χ4v) is 5.38. The van der Waals surface area contributed by atoms with Gasteiger partial charge in [-0.15, -0.1) is 0 Å². The zero-order chi connectivity index (χ0) is 21.2. The van der Waals surface area contributed by atoms with Gasteiger partial charge in [0, 0.05) is 12.1 Å². The number of sulfonamides is 2. The van der Waals surface area contributed by atoms with Crippen LogP contribution in [0.3, 0.4) is 0 Å². The highest BCUT2D eigenvalue weighted by molar-refractivity contribution is 7.93. The standard InChI is InChI=1S/C19H23N3O5S2/c1-14(17-6-3-4-7-18(17)21-28(2,24)25)20-19(23)15-8-10-16(11-9-15)22-12-5-13-29(22,26)27/h3-4,6-11,14,21H,5,12-13H2,1-2H3,(H,20,23). The third-order valence-electron chi connectivity index (χ3n) is 4.59. The van der Waals surface area contributed by atoms with Crippen LogP contribution in [0.5, 0.6) is 0 Å². The van der Waals surface area contributed by atoms with Gasteiger partial charge >= 0.3 is 0 Å². The van der Waals surface area contributed by atoms with Crippen LogP contribution in [0, 0.1) is 0 Å². The van der Waals surface area contributed by atoms with E-state index in [1.165, 1.54) is 4.31 Å². The quantitative estimate of drug-likeness (QED) is 0.719. The first-order valence-electron chi connectivity index (χ1n) is 9.05. The zero-order valence-corrected chi connectivity index (χ0v) is 17.8. The van der Waals surface area contributed by atoms with Crippen LogP contribution in [0.1, 0.15) is 35.3 Å². The molecule has 2 aromatic carbocycles. The molecule has 1 atom stereocenters. The molecule has 1 heterocycles. The lowest BCUT2D eigenvalue weighted by atomic mass is 10.1. The van der Waals surface area contributed by atoms with E-state index in [4.69, 9.17) is 0 Å². The zero-order valence-electron chi connectivity index (χ0n) is 16.1. The van der Waals surface area contributed by atoms with Gasteiger partial charge in [0.1, 0.15) is 0 Å². The molecule has 0 aromatic heterocycles. The molecule has 156 valence electrons. The Bertz CT molecular complexity index is 1110. The normalized spacial score (nSPS) is 17.0. The highest BCUT2D eigenvalue weighted by Gasteiger charge is 2.28. The molecule has 1 aliphatic heterocycles. The van der Waals surface area contributed by atoms with Crippen molar-refractivity contribution >= 4 is 37.3 Å². The molecule has 8 nitrogen and oxygen atoms in total. The van der Waals surface area contributed by atoms with Crippen molar-refractivity contribution in [1.29, 1.82) is 0 Å². The number of para-hydroxylation sites is 1. The van der Waals surface area contributed by atoms with E-state index in [1.54, 1.807) is 55.5 Å². The molecule has 0 bridgehead atoms. The minimum absolute atomic E-state index is 0.133. The number of benzene rings is 2. The highest BCUT2D eigenvalue weighted by Crippen LogP contribution is 2.26. The predicted molar refractivity (Wildman–Crippen MR) is 113 cm³/mol. The molecule has 0 saturated carbocycles. The Labute approximate surface area is 171 Å². The van der Waals surface area contributed by atoms with Crippen LogP contribution in [-0.2, 0) is 20.0 Å². The minimum atomic E-state index is -3.45. The van der Waals surface area contributed by atoms with Crippen molar-refractivity contribution in [3.8, 4) is 0 Å². The molecule has 1 fully saturated rings. The molecule has 29 heavy (non-hydrogen) atoms. The van der Waals surface area contributed by atoms with E-state index >= 15 is 0 Å². The summed E-state index contributed by atoms with van der Waals surface area (Å²) < 4.78 is 50.9. The maximum atomic E-state index is 12.6. The number of hydrogen-bond acceptors (Lipinski definition) is 5. The third kappa shape index (κ3) is 5.07. The van der Waals surface area contributed by atoms with E-state index in [2.05, 4.69) is 10.0 Å². The summed E-state index contributed by atoms with van der Waals surface area (Å²) in [5, 5.41) is 2.84. The Morgan fingerprint density at radius 1 is 1.10 bits per heavy atom. The molecule has 2 N–H and O–H groups in total. The average Bonchev–Trinajstić information content (AvgIpc) is 3.00. The molecule has 1 unspecified atom stereocenters. The Balaban J connectivity index is 1.74. The first-order valence-corrected chi connectivity index (χ1v) is 12.5. The fraction of sp³-hybridized carbons (Fsp3) is 0.316. The summed E-state index contributed by atoms with van der Waals surface area (Å²) in [5.41, 5.74) is 1.95. The second-order valence-corrected chi connectivity index (χ2v) is 10.7. The summed E-state index contributed by atoms with van der Waals surface area (Å²) in [6.45, 7) is 2.20. The molecule has 0 radical (unpaired) electrons. The lowest BCUT2D eigenvalue weighted by Gasteiger charge is -2.19. The maximum Gasteiger partial charge on any atom is 0.251 e. The lowest BCUT2D eigenvalue weighted by molar-refractivity contribution is 0.0940. The summed E-state index contributed by atoms with van der Waals surface area (Å²) in [6, 6.07) is 12.8. The first kappa shape index (κ1) is 21.1. The smallest absolute Gasteiger partial charge is 0.251 e. The Morgan fingerprint density at radius 2 is 1.76 bits per heavy atom. The summed E-state index contributed by atoms with van der Waals surface area (Å²) >= 11 is 0. The van der Waals surface area contributed by atoms with Gasteiger partial charge in [0.2, 0.25) is 20.0 Å². The summed E-state index contributed by atoms with van der Waals surface area (Å²) in [7, 11) is -6.72. The lowest BCUT2D eigenvalue weighted by Crippen LogP contribution is -2.28. The van der Waals surface area contributed by atoms with Crippen molar-refractivity contribution in [1.82, 2.24) is 5.32 Å². The molecule has 3 rings (SSSR count). The summed E-state index contributed by atoms with van der Waals surface area (Å²) in [4.78, 5) is 12.6. The van der Waals surface area contributed by atoms with E-state index in [-0.39, 0.29) is 11.7 Å². The van der Waals surface area contributed by atoms with Crippen LogP contribution in [0.15, 0.2) is 48.5 Å². The van der Waals surface area contributed by atoms with E-state index < -0.39 is 26.1 Å². The number of rotatable bonds is 6. The van der Waals surface area contributed by atoms with Crippen molar-refractivity contribution < 1.29 is 21.6 Å². The summed E-state index contributed by atoms with van der Waals surface area (Å²) in [6.07, 6.45) is 1.65. The number of amides is 1. The molecule has 1 saturated heterocycles. The second-order valence-electron chi connectivity index (χ2n) is 6.95. The van der Waals surface area contributed by atoms with Crippen molar-refractivity contribution in [3.63, 3.8) is 0 Å². The Kier molecular flexibility index (Phi) is 5.85. The Hall–Kier alpha value is -2.59. The Morgan fingerprint density at radius 3 is 2.34 bits per heavy atom. The molecule has 0 aliphatic carbocycles. The summed E-state index contributed by atoms with van der Waals surface area (Å²) in [5.74, 6) is -0.212. The van der Waals surface area contributed by atoms with Crippen LogP contribution in [-0.4, -0.2) is 41.3 Å². The number of anilines is 2. The maximum absolute atomic E-state index is 12.6. The molecular formula is C19H23N3O5S2. The van der Waals surface area contributed by atoms with Gasteiger partial charge in [-0.2, -0.15) is 0 Å². The van der Waals surface area contributed by atoms with E-state index in [0.717, 1.165) is 6.26 Å². The topological polar surface area (TPSA) is 113 Å². The third-order valence-corrected chi connectivity index (χ3v) is 7.05. The number of nitrogens with one attached hydrogen (secondary N) is 2. The van der Waals surface area contributed by atoms with E-state index in [1.807, 2.05) is 0 Å². The van der Waals surface area contributed by atoms with Crippen LogP contribution in [0.2, 0.25) is 0 Å². The van der Waals surface area contributed by atoms with Gasteiger partial charge in [-0.25, -0.2) is 16.8 Å². The van der Waals surface area contributed by atoms with Crippen molar-refractivity contribution in [2.24, 2.45) is 0 Å². The van der Waals surface area contributed by atoms with Crippen LogP contribution in [0.4, 0.5) is 11.4 Å². The SMILES string of the molecule is CC(NC(=O)c1ccc(N2CCCS2(=O)=O)cc1)c1ccccc1NS(C)(=O)=O. The molecule has 0 spiro atoms. The van der Waals surface area contributed by atoms with Gasteiger partial charge in [-0.1, -0.05) is 18.2 Å². The van der Waals surface area contributed by atoms with Gasteiger partial charge in [0.05, 0.1) is 29.4 Å². The first-order chi connectivity index (χ1) is 13.6. The van der Waals surface area contributed by atoms with Gasteiger partial charge in [0.15, 0.2) is 0 Å². The van der Waals surface area contributed by atoms with Crippen molar-refractivity contribution in [2.45, 2.75) is 19.4 Å². The number of nitrogens with zero attached hydrogens (tertiary/aromatic N) is 1.